The average Bonchev–Trinajstić information content (AvgIpc) is 2.29. The molecule has 0 spiro atoms. The van der Waals surface area contributed by atoms with Crippen LogP contribution in [0.5, 0.6) is 0 Å². The monoisotopic (exact) mass is 314 g/mol. The Hall–Kier alpha value is -0.753. The van der Waals surface area contributed by atoms with Crippen molar-refractivity contribution in [3.63, 3.8) is 0 Å². The number of hydrogen-bond donors (Lipinski definition) is 0. The Balaban J connectivity index is 3.03. The van der Waals surface area contributed by atoms with E-state index in [0.717, 1.165) is 5.56 Å². The molecule has 0 saturated heterocycles. The average molecular weight is 314 g/mol. The quantitative estimate of drug-likeness (QED) is 0.676. The van der Waals surface area contributed by atoms with Crippen molar-refractivity contribution in [2.75, 3.05) is 0 Å². The first-order chi connectivity index (χ1) is 9.72. The highest BCUT2D eigenvalue weighted by atomic mass is 28.4. The fourth-order valence-electron chi connectivity index (χ4n) is 2.14. The summed E-state index contributed by atoms with van der Waals surface area (Å²) in [4.78, 5) is 0. The summed E-state index contributed by atoms with van der Waals surface area (Å²) in [5, 5.41) is 0. The topological polar surface area (TPSA) is 27.7 Å². The fraction of sp³-hybridized carbons (Fsp3) is 0.625. The van der Waals surface area contributed by atoms with Crippen molar-refractivity contribution in [1.29, 1.82) is 0 Å². The summed E-state index contributed by atoms with van der Waals surface area (Å²) in [6, 6.07) is 6.97. The summed E-state index contributed by atoms with van der Waals surface area (Å²) >= 11 is 0. The molecule has 0 aliphatic carbocycles. The zero-order chi connectivity index (χ0) is 16.0. The highest BCUT2D eigenvalue weighted by Crippen LogP contribution is 2.22. The number of hydrogen-bond acceptors (Lipinski definition) is 3. The largest absolute Gasteiger partial charge is 0.506 e. The second kappa shape index (κ2) is 8.03. The molecule has 0 aromatic heterocycles. The van der Waals surface area contributed by atoms with Crippen molar-refractivity contribution in [2.24, 2.45) is 0 Å². The number of benzene rings is 1. The standard InChI is InChI=1S/C16H27FO3Si/c1-12(2)18-21(19-13(3)4,20-14(5)6)11-15-7-9-16(17)10-8-15/h7-10,12-14H,11H2,1-6H3. The van der Waals surface area contributed by atoms with Crippen LogP contribution in [0, 0.1) is 5.82 Å². The minimum Gasteiger partial charge on any atom is -0.371 e. The van der Waals surface area contributed by atoms with Gasteiger partial charge in [-0.25, -0.2) is 4.39 Å². The zero-order valence-corrected chi connectivity index (χ0v) is 14.9. The van der Waals surface area contributed by atoms with Gasteiger partial charge in [-0.2, -0.15) is 0 Å². The van der Waals surface area contributed by atoms with Gasteiger partial charge in [0.15, 0.2) is 0 Å². The summed E-state index contributed by atoms with van der Waals surface area (Å²) in [5.41, 5.74) is 0.963. The van der Waals surface area contributed by atoms with E-state index in [0.29, 0.717) is 6.04 Å². The molecule has 1 rings (SSSR count). The van der Waals surface area contributed by atoms with Gasteiger partial charge >= 0.3 is 8.80 Å². The number of halogens is 1. The molecule has 3 nitrogen and oxygen atoms in total. The van der Waals surface area contributed by atoms with Crippen molar-refractivity contribution in [3.05, 3.63) is 35.6 Å². The maximum Gasteiger partial charge on any atom is 0.506 e. The third-order valence-corrected chi connectivity index (χ3v) is 5.91. The van der Waals surface area contributed by atoms with Crippen molar-refractivity contribution in [1.82, 2.24) is 0 Å². The van der Waals surface area contributed by atoms with Crippen LogP contribution in [-0.2, 0) is 19.3 Å². The van der Waals surface area contributed by atoms with Crippen LogP contribution in [0.3, 0.4) is 0 Å². The smallest absolute Gasteiger partial charge is 0.371 e. The molecule has 0 aliphatic rings. The molecule has 1 aromatic carbocycles. The highest BCUT2D eigenvalue weighted by Gasteiger charge is 2.44. The predicted octanol–water partition coefficient (Wildman–Crippen LogP) is 4.12. The molecule has 21 heavy (non-hydrogen) atoms. The van der Waals surface area contributed by atoms with E-state index in [4.69, 9.17) is 13.3 Å². The first-order valence-electron chi connectivity index (χ1n) is 7.50. The summed E-state index contributed by atoms with van der Waals surface area (Å²) in [6.07, 6.45) is 0.0267. The molecule has 0 fully saturated rings. The van der Waals surface area contributed by atoms with Crippen LogP contribution in [0.1, 0.15) is 47.1 Å². The molecular formula is C16H27FO3Si. The van der Waals surface area contributed by atoms with Crippen molar-refractivity contribution < 1.29 is 17.7 Å². The van der Waals surface area contributed by atoms with E-state index >= 15 is 0 Å². The van der Waals surface area contributed by atoms with Gasteiger partial charge < -0.3 is 13.3 Å². The molecule has 0 amide bonds. The van der Waals surface area contributed by atoms with Gasteiger partial charge in [0, 0.05) is 24.4 Å². The lowest BCUT2D eigenvalue weighted by atomic mass is 10.2. The molecule has 120 valence electrons. The highest BCUT2D eigenvalue weighted by molar-refractivity contribution is 6.60. The first kappa shape index (κ1) is 18.3. The maximum absolute atomic E-state index is 13.1. The minimum atomic E-state index is -2.87. The van der Waals surface area contributed by atoms with E-state index in [1.165, 1.54) is 12.1 Å². The van der Waals surface area contributed by atoms with E-state index in [2.05, 4.69) is 0 Å². The lowest BCUT2D eigenvalue weighted by Crippen LogP contribution is -2.53. The molecule has 5 heteroatoms. The molecule has 0 aliphatic heterocycles. The van der Waals surface area contributed by atoms with Crippen molar-refractivity contribution >= 4 is 8.80 Å². The van der Waals surface area contributed by atoms with Gasteiger partial charge in [-0.3, -0.25) is 0 Å². The van der Waals surface area contributed by atoms with Gasteiger partial charge in [-0.15, -0.1) is 0 Å². The SMILES string of the molecule is CC(C)O[Si](Cc1ccc(F)cc1)(OC(C)C)OC(C)C. The van der Waals surface area contributed by atoms with Crippen LogP contribution in [0.15, 0.2) is 24.3 Å². The van der Waals surface area contributed by atoms with E-state index in [1.54, 1.807) is 12.1 Å². The molecule has 0 saturated carbocycles. The van der Waals surface area contributed by atoms with Crippen LogP contribution in [0.25, 0.3) is 0 Å². The van der Waals surface area contributed by atoms with Gasteiger partial charge in [0.2, 0.25) is 0 Å². The molecule has 0 bridgehead atoms. The maximum atomic E-state index is 13.1. The van der Waals surface area contributed by atoms with Crippen LogP contribution in [-0.4, -0.2) is 27.1 Å². The fourth-order valence-corrected chi connectivity index (χ4v) is 5.45. The summed E-state index contributed by atoms with van der Waals surface area (Å²) in [5.74, 6) is -0.245. The predicted molar refractivity (Wildman–Crippen MR) is 84.5 cm³/mol. The lowest BCUT2D eigenvalue weighted by molar-refractivity contribution is 0.00236. The Morgan fingerprint density at radius 2 is 1.19 bits per heavy atom. The van der Waals surface area contributed by atoms with Crippen LogP contribution < -0.4 is 0 Å². The molecule has 0 unspecified atom stereocenters. The minimum absolute atomic E-state index is 0.00890. The Morgan fingerprint density at radius 3 is 1.52 bits per heavy atom. The lowest BCUT2D eigenvalue weighted by Gasteiger charge is -2.34. The van der Waals surface area contributed by atoms with Crippen molar-refractivity contribution in [3.8, 4) is 0 Å². The van der Waals surface area contributed by atoms with Crippen LogP contribution >= 0.6 is 0 Å². The first-order valence-corrected chi connectivity index (χ1v) is 9.43. The van der Waals surface area contributed by atoms with E-state index < -0.39 is 8.80 Å². The van der Waals surface area contributed by atoms with Crippen molar-refractivity contribution in [2.45, 2.75) is 65.9 Å². The Morgan fingerprint density at radius 1 is 0.810 bits per heavy atom. The van der Waals surface area contributed by atoms with Gasteiger partial charge in [-0.05, 0) is 59.2 Å². The Kier molecular flexibility index (Phi) is 7.00. The van der Waals surface area contributed by atoms with Gasteiger partial charge in [0.1, 0.15) is 5.82 Å². The van der Waals surface area contributed by atoms with Gasteiger partial charge in [0.05, 0.1) is 0 Å². The second-order valence-electron chi connectivity index (χ2n) is 5.99. The van der Waals surface area contributed by atoms with E-state index in [-0.39, 0.29) is 24.1 Å². The number of rotatable bonds is 8. The third-order valence-electron chi connectivity index (χ3n) is 2.58. The molecule has 0 atom stereocenters. The van der Waals surface area contributed by atoms with E-state index in [9.17, 15) is 4.39 Å². The molecule has 0 radical (unpaired) electrons. The van der Waals surface area contributed by atoms with Crippen LogP contribution in [0.2, 0.25) is 0 Å². The third kappa shape index (κ3) is 6.69. The summed E-state index contributed by atoms with van der Waals surface area (Å²) in [6.45, 7) is 11.8. The summed E-state index contributed by atoms with van der Waals surface area (Å²) in [7, 11) is -2.87. The summed E-state index contributed by atoms with van der Waals surface area (Å²) < 4.78 is 31.4. The van der Waals surface area contributed by atoms with E-state index in [1.807, 2.05) is 41.5 Å². The molecular weight excluding hydrogens is 287 g/mol. The molecule has 0 heterocycles. The Labute approximate surface area is 128 Å². The molecule has 0 N–H and O–H groups in total. The zero-order valence-electron chi connectivity index (χ0n) is 13.9. The van der Waals surface area contributed by atoms with Crippen LogP contribution in [0.4, 0.5) is 4.39 Å². The van der Waals surface area contributed by atoms with Gasteiger partial charge in [0.25, 0.3) is 0 Å². The molecule has 1 aromatic rings. The Bertz CT molecular complexity index is 392. The van der Waals surface area contributed by atoms with Gasteiger partial charge in [-0.1, -0.05) is 12.1 Å². The second-order valence-corrected chi connectivity index (χ2v) is 8.41. The normalized spacial score (nSPS) is 12.7.